The number of nitrogens with zero attached hydrogens (tertiary/aromatic N) is 4. The molecule has 0 aliphatic carbocycles. The first-order valence-corrected chi connectivity index (χ1v) is 3.04. The van der Waals surface area contributed by atoms with Crippen LogP contribution in [-0.4, -0.2) is 19.9 Å². The van der Waals surface area contributed by atoms with Gasteiger partial charge in [-0.25, -0.2) is 19.9 Å². The number of fused-ring (bicyclic) bond motifs is 1. The summed E-state index contributed by atoms with van der Waals surface area (Å²) >= 11 is 0. The highest BCUT2D eigenvalue weighted by atomic mass is 15.0. The van der Waals surface area contributed by atoms with E-state index in [-0.39, 0.29) is 0 Å². The lowest BCUT2D eigenvalue weighted by atomic mass is 10.5. The minimum Gasteiger partial charge on any atom is -0.382 e. The van der Waals surface area contributed by atoms with E-state index in [1.54, 1.807) is 6.20 Å². The van der Waals surface area contributed by atoms with Gasteiger partial charge in [0.05, 0.1) is 12.4 Å². The number of aromatic nitrogens is 4. The molecule has 2 rings (SSSR count). The smallest absolute Gasteiger partial charge is 0.181 e. The van der Waals surface area contributed by atoms with Crippen LogP contribution < -0.4 is 5.73 Å². The van der Waals surface area contributed by atoms with Crippen LogP contribution in [-0.2, 0) is 0 Å². The van der Waals surface area contributed by atoms with E-state index < -0.39 is 0 Å². The molecule has 0 spiro atoms. The van der Waals surface area contributed by atoms with Gasteiger partial charge >= 0.3 is 0 Å². The number of anilines is 1. The van der Waals surface area contributed by atoms with Crippen LogP contribution in [0.25, 0.3) is 11.2 Å². The van der Waals surface area contributed by atoms with E-state index in [2.05, 4.69) is 19.9 Å². The van der Waals surface area contributed by atoms with Gasteiger partial charge in [-0.2, -0.15) is 0 Å². The van der Waals surface area contributed by atoms with Gasteiger partial charge in [-0.1, -0.05) is 0 Å². The van der Waals surface area contributed by atoms with Gasteiger partial charge in [-0.3, -0.25) is 0 Å². The molecule has 0 bridgehead atoms. The van der Waals surface area contributed by atoms with Crippen LogP contribution in [0.15, 0.2) is 18.7 Å². The zero-order valence-electron chi connectivity index (χ0n) is 5.60. The molecule has 5 heteroatoms. The van der Waals surface area contributed by atoms with E-state index in [9.17, 15) is 0 Å². The maximum absolute atomic E-state index is 5.39. The van der Waals surface area contributed by atoms with E-state index in [1.807, 2.05) is 0 Å². The molecule has 2 N–H and O–H groups in total. The monoisotopic (exact) mass is 147 g/mol. The van der Waals surface area contributed by atoms with Crippen molar-refractivity contribution in [3.63, 3.8) is 0 Å². The first-order valence-electron chi connectivity index (χ1n) is 3.04. The summed E-state index contributed by atoms with van der Waals surface area (Å²) < 4.78 is 0. The summed E-state index contributed by atoms with van der Waals surface area (Å²) in [5, 5.41) is 0. The zero-order chi connectivity index (χ0) is 7.68. The predicted octanol–water partition coefficient (Wildman–Crippen LogP) is 0.00200. The summed E-state index contributed by atoms with van der Waals surface area (Å²) in [5.74, 6) is 0.382. The third kappa shape index (κ3) is 0.958. The standard InChI is InChI=1S/C6H5N5/c7-5-2-9-6-4(11-5)1-8-3-10-6/h1-3H,(H2,7,11). The van der Waals surface area contributed by atoms with Crippen LogP contribution >= 0.6 is 0 Å². The van der Waals surface area contributed by atoms with Gasteiger partial charge < -0.3 is 5.73 Å². The van der Waals surface area contributed by atoms with Crippen molar-refractivity contribution in [1.29, 1.82) is 0 Å². The molecular weight excluding hydrogens is 142 g/mol. The normalized spacial score (nSPS) is 10.2. The molecule has 0 saturated heterocycles. The van der Waals surface area contributed by atoms with Crippen molar-refractivity contribution in [3.05, 3.63) is 18.7 Å². The van der Waals surface area contributed by atoms with Crippen molar-refractivity contribution >= 4 is 17.0 Å². The number of rotatable bonds is 0. The summed E-state index contributed by atoms with van der Waals surface area (Å²) in [4.78, 5) is 15.6. The third-order valence-corrected chi connectivity index (χ3v) is 1.24. The van der Waals surface area contributed by atoms with Crippen molar-refractivity contribution < 1.29 is 0 Å². The highest BCUT2D eigenvalue weighted by Gasteiger charge is 1.95. The van der Waals surface area contributed by atoms with E-state index in [1.165, 1.54) is 12.5 Å². The topological polar surface area (TPSA) is 77.6 Å². The molecule has 54 valence electrons. The highest BCUT2D eigenvalue weighted by Crippen LogP contribution is 2.03. The first kappa shape index (κ1) is 5.96. The van der Waals surface area contributed by atoms with Gasteiger partial charge in [0, 0.05) is 0 Å². The summed E-state index contributed by atoms with van der Waals surface area (Å²) in [5.41, 5.74) is 6.58. The second kappa shape index (κ2) is 2.12. The second-order valence-electron chi connectivity index (χ2n) is 2.03. The van der Waals surface area contributed by atoms with Crippen LogP contribution in [0.5, 0.6) is 0 Å². The van der Waals surface area contributed by atoms with Crippen molar-refractivity contribution in [2.24, 2.45) is 0 Å². The molecule has 0 radical (unpaired) electrons. The third-order valence-electron chi connectivity index (χ3n) is 1.24. The molecule has 2 heterocycles. The van der Waals surface area contributed by atoms with Crippen LogP contribution in [0.1, 0.15) is 0 Å². The Labute approximate surface area is 62.3 Å². The van der Waals surface area contributed by atoms with Gasteiger partial charge in [0.25, 0.3) is 0 Å². The van der Waals surface area contributed by atoms with Crippen molar-refractivity contribution in [3.8, 4) is 0 Å². The molecular formula is C6H5N5. The molecule has 2 aromatic rings. The molecule has 0 fully saturated rings. The molecule has 0 atom stereocenters. The quantitative estimate of drug-likeness (QED) is 0.567. The Morgan fingerprint density at radius 1 is 1.18 bits per heavy atom. The molecule has 0 aromatic carbocycles. The van der Waals surface area contributed by atoms with Gasteiger partial charge in [0.2, 0.25) is 0 Å². The SMILES string of the molecule is Nc1cnc2ncncc2n1. The lowest BCUT2D eigenvalue weighted by molar-refractivity contribution is 1.15. The fourth-order valence-electron chi connectivity index (χ4n) is 0.789. The highest BCUT2D eigenvalue weighted by molar-refractivity contribution is 5.68. The van der Waals surface area contributed by atoms with Crippen LogP contribution in [0.4, 0.5) is 5.82 Å². The maximum atomic E-state index is 5.39. The van der Waals surface area contributed by atoms with E-state index in [0.29, 0.717) is 17.0 Å². The Kier molecular flexibility index (Phi) is 1.15. The Morgan fingerprint density at radius 2 is 2.09 bits per heavy atom. The van der Waals surface area contributed by atoms with Gasteiger partial charge in [-0.15, -0.1) is 0 Å². The molecule has 0 unspecified atom stereocenters. The fraction of sp³-hybridized carbons (Fsp3) is 0. The first-order chi connectivity index (χ1) is 5.36. The molecule has 0 aliphatic rings. The average molecular weight is 147 g/mol. The molecule has 0 aliphatic heterocycles. The van der Waals surface area contributed by atoms with E-state index in [0.717, 1.165) is 0 Å². The maximum Gasteiger partial charge on any atom is 0.181 e. The minimum atomic E-state index is 0.382. The van der Waals surface area contributed by atoms with Crippen molar-refractivity contribution in [2.45, 2.75) is 0 Å². The molecule has 0 saturated carbocycles. The summed E-state index contributed by atoms with van der Waals surface area (Å²) in [6, 6.07) is 0. The van der Waals surface area contributed by atoms with Crippen LogP contribution in [0, 0.1) is 0 Å². The molecule has 0 amide bonds. The number of nitrogen functional groups attached to an aromatic ring is 1. The lowest BCUT2D eigenvalue weighted by Gasteiger charge is -1.93. The predicted molar refractivity (Wildman–Crippen MR) is 39.5 cm³/mol. The lowest BCUT2D eigenvalue weighted by Crippen LogP contribution is -1.94. The molecule has 11 heavy (non-hydrogen) atoms. The Balaban J connectivity index is 2.83. The largest absolute Gasteiger partial charge is 0.382 e. The summed E-state index contributed by atoms with van der Waals surface area (Å²) in [7, 11) is 0. The van der Waals surface area contributed by atoms with Gasteiger partial charge in [-0.05, 0) is 0 Å². The Bertz CT molecular complexity index is 385. The zero-order valence-corrected chi connectivity index (χ0v) is 5.60. The van der Waals surface area contributed by atoms with Gasteiger partial charge in [0.1, 0.15) is 17.7 Å². The summed E-state index contributed by atoms with van der Waals surface area (Å²) in [6.07, 6.45) is 4.47. The van der Waals surface area contributed by atoms with E-state index >= 15 is 0 Å². The van der Waals surface area contributed by atoms with Crippen molar-refractivity contribution in [2.75, 3.05) is 5.73 Å². The fourth-order valence-corrected chi connectivity index (χ4v) is 0.789. The minimum absolute atomic E-state index is 0.382. The van der Waals surface area contributed by atoms with Gasteiger partial charge in [0.15, 0.2) is 5.65 Å². The van der Waals surface area contributed by atoms with Crippen LogP contribution in [0.3, 0.4) is 0 Å². The van der Waals surface area contributed by atoms with Crippen molar-refractivity contribution in [1.82, 2.24) is 19.9 Å². The molecule has 5 nitrogen and oxygen atoms in total. The number of hydrogen-bond acceptors (Lipinski definition) is 5. The average Bonchev–Trinajstić information content (AvgIpc) is 2.04. The Morgan fingerprint density at radius 3 is 3.00 bits per heavy atom. The number of hydrogen-bond donors (Lipinski definition) is 1. The second-order valence-corrected chi connectivity index (χ2v) is 2.03. The van der Waals surface area contributed by atoms with E-state index in [4.69, 9.17) is 5.73 Å². The van der Waals surface area contributed by atoms with Crippen LogP contribution in [0.2, 0.25) is 0 Å². The Hall–Kier alpha value is -1.78. The molecule has 2 aromatic heterocycles. The number of nitrogens with two attached hydrogens (primary N) is 1. The summed E-state index contributed by atoms with van der Waals surface area (Å²) in [6.45, 7) is 0.